The summed E-state index contributed by atoms with van der Waals surface area (Å²) in [4.78, 5) is 28.6. The maximum Gasteiger partial charge on any atom is 0.325 e. The summed E-state index contributed by atoms with van der Waals surface area (Å²) in [5, 5.41) is 11.1. The third-order valence-corrected chi connectivity index (χ3v) is 6.19. The smallest absolute Gasteiger partial charge is 0.325 e. The summed E-state index contributed by atoms with van der Waals surface area (Å²) in [5.74, 6) is 0.536. The first-order valence-corrected chi connectivity index (χ1v) is 11.5. The van der Waals surface area contributed by atoms with E-state index in [1.165, 1.54) is 0 Å². The number of fused-ring (bicyclic) bond motifs is 1. The first kappa shape index (κ1) is 21.9. The van der Waals surface area contributed by atoms with E-state index in [4.69, 9.17) is 4.74 Å². The van der Waals surface area contributed by atoms with E-state index in [1.54, 1.807) is 18.5 Å². The zero-order chi connectivity index (χ0) is 23.3. The van der Waals surface area contributed by atoms with Gasteiger partial charge in [0, 0.05) is 61.2 Å². The zero-order valence-electron chi connectivity index (χ0n) is 18.8. The fraction of sp³-hybridized carbons (Fsp3) is 0.269. The molecule has 2 aromatic heterocycles. The van der Waals surface area contributed by atoms with Crippen molar-refractivity contribution in [2.24, 2.45) is 0 Å². The SMILES string of the molecule is O=C(O)C(c1c[nH]c2ccc(OCc3ccccc3)cc12)N1CCCN(c2ncccn2)CC1. The van der Waals surface area contributed by atoms with Crippen molar-refractivity contribution >= 4 is 22.8 Å². The summed E-state index contributed by atoms with van der Waals surface area (Å²) in [6.07, 6.45) is 6.10. The van der Waals surface area contributed by atoms with Gasteiger partial charge in [0.05, 0.1) is 0 Å². The van der Waals surface area contributed by atoms with E-state index in [9.17, 15) is 9.90 Å². The molecule has 0 amide bonds. The molecule has 5 rings (SSSR count). The number of nitrogens with one attached hydrogen (secondary N) is 1. The van der Waals surface area contributed by atoms with Gasteiger partial charge in [0.25, 0.3) is 0 Å². The second-order valence-electron chi connectivity index (χ2n) is 8.39. The molecule has 0 aliphatic carbocycles. The molecule has 1 fully saturated rings. The molecule has 2 N–H and O–H groups in total. The predicted octanol–water partition coefficient (Wildman–Crippen LogP) is 3.87. The van der Waals surface area contributed by atoms with Crippen molar-refractivity contribution in [3.63, 3.8) is 0 Å². The summed E-state index contributed by atoms with van der Waals surface area (Å²) in [5.41, 5.74) is 2.72. The fourth-order valence-electron chi connectivity index (χ4n) is 4.51. The van der Waals surface area contributed by atoms with Crippen molar-refractivity contribution in [1.82, 2.24) is 19.9 Å². The number of hydrogen-bond donors (Lipinski definition) is 2. The number of nitrogens with zero attached hydrogens (tertiary/aromatic N) is 4. The zero-order valence-corrected chi connectivity index (χ0v) is 18.8. The second kappa shape index (κ2) is 9.93. The van der Waals surface area contributed by atoms with Crippen LogP contribution in [0.3, 0.4) is 0 Å². The van der Waals surface area contributed by atoms with Gasteiger partial charge >= 0.3 is 5.97 Å². The van der Waals surface area contributed by atoms with Gasteiger partial charge in [0.15, 0.2) is 0 Å². The molecule has 8 nitrogen and oxygen atoms in total. The lowest BCUT2D eigenvalue weighted by Crippen LogP contribution is -2.37. The number of H-pyrrole nitrogens is 1. The maximum absolute atomic E-state index is 12.5. The number of anilines is 1. The summed E-state index contributed by atoms with van der Waals surface area (Å²) in [6.45, 7) is 3.20. The van der Waals surface area contributed by atoms with Crippen LogP contribution in [0.1, 0.15) is 23.6 Å². The van der Waals surface area contributed by atoms with E-state index >= 15 is 0 Å². The molecule has 2 aromatic carbocycles. The highest BCUT2D eigenvalue weighted by molar-refractivity contribution is 5.90. The molecule has 1 unspecified atom stereocenters. The van der Waals surface area contributed by atoms with Gasteiger partial charge in [-0.3, -0.25) is 9.69 Å². The molecule has 1 saturated heterocycles. The van der Waals surface area contributed by atoms with E-state index < -0.39 is 12.0 Å². The molecule has 8 heteroatoms. The number of hydrogen-bond acceptors (Lipinski definition) is 6. The summed E-state index contributed by atoms with van der Waals surface area (Å²) in [6, 6.07) is 16.8. The quantitative estimate of drug-likeness (QED) is 0.435. The first-order chi connectivity index (χ1) is 16.7. The minimum absolute atomic E-state index is 0.456. The minimum atomic E-state index is -0.860. The Balaban J connectivity index is 1.37. The molecule has 34 heavy (non-hydrogen) atoms. The lowest BCUT2D eigenvalue weighted by molar-refractivity contribution is -0.143. The largest absolute Gasteiger partial charge is 0.489 e. The second-order valence-corrected chi connectivity index (χ2v) is 8.39. The Morgan fingerprint density at radius 1 is 1.03 bits per heavy atom. The molecule has 0 saturated carbocycles. The van der Waals surface area contributed by atoms with Crippen molar-refractivity contribution in [3.05, 3.63) is 84.3 Å². The van der Waals surface area contributed by atoms with E-state index in [0.717, 1.165) is 35.0 Å². The normalized spacial score (nSPS) is 15.7. The molecule has 174 valence electrons. The molecule has 4 aromatic rings. The number of rotatable bonds is 7. The van der Waals surface area contributed by atoms with Gasteiger partial charge in [-0.2, -0.15) is 0 Å². The Bertz CT molecular complexity index is 1250. The molecule has 0 bridgehead atoms. The average Bonchev–Trinajstić information content (AvgIpc) is 3.12. The number of aromatic amines is 1. The number of carbonyl (C=O) groups is 1. The van der Waals surface area contributed by atoms with Crippen LogP contribution >= 0.6 is 0 Å². The number of aromatic nitrogens is 3. The van der Waals surface area contributed by atoms with Crippen LogP contribution in [0.2, 0.25) is 0 Å². The third kappa shape index (κ3) is 4.72. The molecular formula is C26H27N5O3. The van der Waals surface area contributed by atoms with Crippen LogP contribution in [0.15, 0.2) is 73.2 Å². The minimum Gasteiger partial charge on any atom is -0.489 e. The van der Waals surface area contributed by atoms with Gasteiger partial charge in [-0.05, 0) is 36.2 Å². The summed E-state index contributed by atoms with van der Waals surface area (Å²) >= 11 is 0. The third-order valence-electron chi connectivity index (χ3n) is 6.19. The number of ether oxygens (including phenoxy) is 1. The number of carboxylic acid groups (broad SMARTS) is 1. The monoisotopic (exact) mass is 457 g/mol. The summed E-state index contributed by atoms with van der Waals surface area (Å²) < 4.78 is 6.00. The van der Waals surface area contributed by atoms with Gasteiger partial charge in [-0.15, -0.1) is 0 Å². The highest BCUT2D eigenvalue weighted by Gasteiger charge is 2.31. The van der Waals surface area contributed by atoms with Crippen molar-refractivity contribution in [3.8, 4) is 5.75 Å². The van der Waals surface area contributed by atoms with Crippen LogP contribution in [-0.2, 0) is 11.4 Å². The van der Waals surface area contributed by atoms with Crippen LogP contribution < -0.4 is 9.64 Å². The van der Waals surface area contributed by atoms with Gasteiger partial charge in [-0.25, -0.2) is 9.97 Å². The number of benzene rings is 2. The number of carboxylic acids is 1. The van der Waals surface area contributed by atoms with Gasteiger partial charge in [0.1, 0.15) is 18.4 Å². The standard InChI is InChI=1S/C26H27N5O3/c32-25(33)24(30-12-5-13-31(15-14-30)26-27-10-4-11-28-26)22-17-29-23-9-8-20(16-21(22)23)34-18-19-6-2-1-3-7-19/h1-4,6-11,16-17,24,29H,5,12-15,18H2,(H,32,33). The summed E-state index contributed by atoms with van der Waals surface area (Å²) in [7, 11) is 0. The Morgan fingerprint density at radius 3 is 2.65 bits per heavy atom. The maximum atomic E-state index is 12.5. The Kier molecular flexibility index (Phi) is 6.40. The van der Waals surface area contributed by atoms with Crippen LogP contribution in [0.4, 0.5) is 5.95 Å². The molecule has 0 radical (unpaired) electrons. The fourth-order valence-corrected chi connectivity index (χ4v) is 4.51. The van der Waals surface area contributed by atoms with Gasteiger partial charge < -0.3 is 19.7 Å². The lowest BCUT2D eigenvalue weighted by Gasteiger charge is -2.27. The molecule has 1 aliphatic heterocycles. The molecular weight excluding hydrogens is 430 g/mol. The highest BCUT2D eigenvalue weighted by atomic mass is 16.5. The van der Waals surface area contributed by atoms with Crippen LogP contribution in [-0.4, -0.2) is 57.1 Å². The topological polar surface area (TPSA) is 94.6 Å². The van der Waals surface area contributed by atoms with Crippen LogP contribution in [0, 0.1) is 0 Å². The van der Waals surface area contributed by atoms with E-state index in [0.29, 0.717) is 37.9 Å². The van der Waals surface area contributed by atoms with Crippen molar-refractivity contribution in [1.29, 1.82) is 0 Å². The average molecular weight is 458 g/mol. The van der Waals surface area contributed by atoms with E-state index in [2.05, 4.69) is 19.9 Å². The Morgan fingerprint density at radius 2 is 1.85 bits per heavy atom. The molecule has 1 atom stereocenters. The number of aliphatic carboxylic acids is 1. The lowest BCUT2D eigenvalue weighted by atomic mass is 10.0. The van der Waals surface area contributed by atoms with Crippen LogP contribution in [0.25, 0.3) is 10.9 Å². The van der Waals surface area contributed by atoms with Gasteiger partial charge in [-0.1, -0.05) is 30.3 Å². The highest BCUT2D eigenvalue weighted by Crippen LogP contribution is 2.32. The van der Waals surface area contributed by atoms with Crippen molar-refractivity contribution < 1.29 is 14.6 Å². The van der Waals surface area contributed by atoms with E-state index in [1.807, 2.05) is 59.6 Å². The van der Waals surface area contributed by atoms with Crippen LogP contribution in [0.5, 0.6) is 5.75 Å². The first-order valence-electron chi connectivity index (χ1n) is 11.5. The van der Waals surface area contributed by atoms with Gasteiger partial charge in [0.2, 0.25) is 5.95 Å². The Labute approximate surface area is 197 Å². The molecule has 0 spiro atoms. The van der Waals surface area contributed by atoms with Crippen molar-refractivity contribution in [2.45, 2.75) is 19.1 Å². The predicted molar refractivity (Wildman–Crippen MR) is 130 cm³/mol. The van der Waals surface area contributed by atoms with E-state index in [-0.39, 0.29) is 0 Å². The molecule has 3 heterocycles. The Hall–Kier alpha value is -3.91. The molecule has 1 aliphatic rings. The van der Waals surface area contributed by atoms with Crippen molar-refractivity contribution in [2.75, 3.05) is 31.1 Å².